The largest absolute Gasteiger partial charge is 0.477 e. The fraction of sp³-hybridized carbons (Fsp3) is 0.143. The number of fused-ring (bicyclic) bond motifs is 1. The molecule has 0 bridgehead atoms. The van der Waals surface area contributed by atoms with Gasteiger partial charge in [-0.15, -0.1) is 0 Å². The summed E-state index contributed by atoms with van der Waals surface area (Å²) in [6.07, 6.45) is 1.68. The van der Waals surface area contributed by atoms with Crippen molar-refractivity contribution in [3.63, 3.8) is 0 Å². The molecule has 3 aromatic rings. The molecule has 0 saturated carbocycles. The van der Waals surface area contributed by atoms with Gasteiger partial charge in [0.2, 0.25) is 0 Å². The smallest absolute Gasteiger partial charge is 0.352 e. The van der Waals surface area contributed by atoms with Crippen LogP contribution in [0.5, 0.6) is 0 Å². The Balaban J connectivity index is 2.07. The first-order valence-electron chi connectivity index (χ1n) is 6.01. The van der Waals surface area contributed by atoms with Crippen molar-refractivity contribution in [2.45, 2.75) is 13.0 Å². The highest BCUT2D eigenvalue weighted by Crippen LogP contribution is 2.23. The van der Waals surface area contributed by atoms with Gasteiger partial charge in [-0.2, -0.15) is 5.10 Å². The summed E-state index contributed by atoms with van der Waals surface area (Å²) in [4.78, 5) is 13.9. The van der Waals surface area contributed by atoms with E-state index in [0.29, 0.717) is 0 Å². The molecule has 96 valence electrons. The van der Waals surface area contributed by atoms with Crippen LogP contribution in [-0.4, -0.2) is 25.8 Å². The Morgan fingerprint density at radius 3 is 2.79 bits per heavy atom. The lowest BCUT2D eigenvalue weighted by atomic mass is 10.1. The van der Waals surface area contributed by atoms with Crippen molar-refractivity contribution in [3.8, 4) is 0 Å². The van der Waals surface area contributed by atoms with E-state index in [1.54, 1.807) is 16.9 Å². The summed E-state index contributed by atoms with van der Waals surface area (Å²) < 4.78 is 1.80. The number of aromatic carboxylic acids is 1. The van der Waals surface area contributed by atoms with Crippen molar-refractivity contribution in [1.82, 2.24) is 14.8 Å². The Morgan fingerprint density at radius 1 is 1.37 bits per heavy atom. The van der Waals surface area contributed by atoms with Crippen molar-refractivity contribution in [3.05, 3.63) is 53.9 Å². The van der Waals surface area contributed by atoms with E-state index in [9.17, 15) is 4.79 Å². The molecule has 0 aliphatic heterocycles. The third-order valence-corrected chi connectivity index (χ3v) is 3.26. The number of hydrogen-bond donors (Lipinski definition) is 2. The van der Waals surface area contributed by atoms with Crippen molar-refractivity contribution in [2.75, 3.05) is 0 Å². The molecule has 0 aliphatic carbocycles. The van der Waals surface area contributed by atoms with Crippen LogP contribution in [-0.2, 0) is 0 Å². The summed E-state index contributed by atoms with van der Waals surface area (Å²) in [6, 6.07) is 11.6. The number of rotatable bonds is 3. The van der Waals surface area contributed by atoms with Crippen LogP contribution < -0.4 is 0 Å². The highest BCUT2D eigenvalue weighted by Gasteiger charge is 2.15. The number of hydrogen-bond acceptors (Lipinski definition) is 2. The zero-order chi connectivity index (χ0) is 13.4. The second kappa shape index (κ2) is 4.28. The van der Waals surface area contributed by atoms with Crippen LogP contribution in [0.25, 0.3) is 11.0 Å². The lowest BCUT2D eigenvalue weighted by Gasteiger charge is -2.12. The molecular weight excluding hydrogens is 242 g/mol. The molecule has 2 heterocycles. The minimum Gasteiger partial charge on any atom is -0.477 e. The van der Waals surface area contributed by atoms with E-state index in [4.69, 9.17) is 5.11 Å². The number of H-pyrrole nitrogens is 1. The molecule has 5 nitrogen and oxygen atoms in total. The van der Waals surface area contributed by atoms with Crippen molar-refractivity contribution < 1.29 is 9.90 Å². The van der Waals surface area contributed by atoms with Gasteiger partial charge in [0.1, 0.15) is 11.3 Å². The lowest BCUT2D eigenvalue weighted by Crippen LogP contribution is -2.09. The molecule has 19 heavy (non-hydrogen) atoms. The molecule has 0 amide bonds. The van der Waals surface area contributed by atoms with Gasteiger partial charge in [-0.3, -0.25) is 0 Å². The van der Waals surface area contributed by atoms with Crippen LogP contribution >= 0.6 is 0 Å². The topological polar surface area (TPSA) is 70.9 Å². The molecule has 0 saturated heterocycles. The summed E-state index contributed by atoms with van der Waals surface area (Å²) in [5.41, 5.74) is 2.04. The predicted octanol–water partition coefficient (Wildman–Crippen LogP) is 2.67. The Kier molecular flexibility index (Phi) is 2.59. The monoisotopic (exact) mass is 255 g/mol. The number of nitrogens with one attached hydrogen (secondary N) is 1. The van der Waals surface area contributed by atoms with Gasteiger partial charge in [0.15, 0.2) is 0 Å². The average molecular weight is 255 g/mol. The average Bonchev–Trinajstić information content (AvgIpc) is 2.98. The maximum atomic E-state index is 11.0. The van der Waals surface area contributed by atoms with Crippen molar-refractivity contribution >= 4 is 17.0 Å². The summed E-state index contributed by atoms with van der Waals surface area (Å²) in [5, 5.41) is 14.1. The van der Waals surface area contributed by atoms with Crippen LogP contribution in [0.4, 0.5) is 0 Å². The van der Waals surface area contributed by atoms with E-state index in [2.05, 4.69) is 10.1 Å². The zero-order valence-corrected chi connectivity index (χ0v) is 10.4. The maximum absolute atomic E-state index is 11.0. The fourth-order valence-corrected chi connectivity index (χ4v) is 2.21. The SMILES string of the molecule is CC(c1ccccc1)n1ncc2cc(C(=O)O)[nH]c21. The molecule has 0 spiro atoms. The molecule has 1 unspecified atom stereocenters. The number of nitrogens with zero attached hydrogens (tertiary/aromatic N) is 2. The van der Waals surface area contributed by atoms with Gasteiger partial charge in [-0.1, -0.05) is 30.3 Å². The zero-order valence-electron chi connectivity index (χ0n) is 10.4. The molecule has 3 rings (SSSR count). The predicted molar refractivity (Wildman–Crippen MR) is 71.3 cm³/mol. The number of carboxylic acid groups (broad SMARTS) is 1. The third-order valence-electron chi connectivity index (χ3n) is 3.26. The molecule has 1 atom stereocenters. The number of carboxylic acids is 1. The molecular formula is C14H13N3O2. The fourth-order valence-electron chi connectivity index (χ4n) is 2.21. The van der Waals surface area contributed by atoms with Gasteiger partial charge in [-0.05, 0) is 18.6 Å². The Bertz CT molecular complexity index is 728. The van der Waals surface area contributed by atoms with Crippen molar-refractivity contribution in [2.24, 2.45) is 0 Å². The minimum absolute atomic E-state index is 0.0407. The Morgan fingerprint density at radius 2 is 2.11 bits per heavy atom. The highest BCUT2D eigenvalue weighted by molar-refractivity contribution is 5.92. The van der Waals surface area contributed by atoms with Gasteiger partial charge in [-0.25, -0.2) is 9.48 Å². The molecule has 2 N–H and O–H groups in total. The quantitative estimate of drug-likeness (QED) is 0.755. The standard InChI is InChI=1S/C14H13N3O2/c1-9(10-5-3-2-4-6-10)17-13-11(8-15-17)7-12(16-13)14(18)19/h2-9,16H,1H3,(H,18,19). The summed E-state index contributed by atoms with van der Waals surface area (Å²) in [5.74, 6) is -0.963. The lowest BCUT2D eigenvalue weighted by molar-refractivity contribution is 0.0691. The highest BCUT2D eigenvalue weighted by atomic mass is 16.4. The molecule has 0 radical (unpaired) electrons. The van der Waals surface area contributed by atoms with E-state index in [1.165, 1.54) is 0 Å². The van der Waals surface area contributed by atoms with Crippen LogP contribution in [0.2, 0.25) is 0 Å². The Labute approximate surface area is 109 Å². The first kappa shape index (κ1) is 11.5. The number of aromatic amines is 1. The second-order valence-electron chi connectivity index (χ2n) is 4.47. The van der Waals surface area contributed by atoms with E-state index < -0.39 is 5.97 Å². The van der Waals surface area contributed by atoms with Crippen LogP contribution in [0.3, 0.4) is 0 Å². The Hall–Kier alpha value is -2.56. The summed E-state index contributed by atoms with van der Waals surface area (Å²) in [6.45, 7) is 2.03. The van der Waals surface area contributed by atoms with Gasteiger partial charge >= 0.3 is 5.97 Å². The first-order valence-corrected chi connectivity index (χ1v) is 6.01. The molecule has 5 heteroatoms. The number of benzene rings is 1. The van der Waals surface area contributed by atoms with Gasteiger partial charge < -0.3 is 10.1 Å². The van der Waals surface area contributed by atoms with E-state index in [-0.39, 0.29) is 11.7 Å². The second-order valence-corrected chi connectivity index (χ2v) is 4.47. The van der Waals surface area contributed by atoms with Crippen LogP contribution in [0.1, 0.15) is 29.0 Å². The number of carbonyl (C=O) groups is 1. The van der Waals surface area contributed by atoms with Crippen LogP contribution in [0.15, 0.2) is 42.6 Å². The minimum atomic E-state index is -0.963. The van der Waals surface area contributed by atoms with Crippen LogP contribution in [0, 0.1) is 0 Å². The van der Waals surface area contributed by atoms with Gasteiger partial charge in [0.25, 0.3) is 0 Å². The van der Waals surface area contributed by atoms with E-state index >= 15 is 0 Å². The molecule has 0 fully saturated rings. The maximum Gasteiger partial charge on any atom is 0.352 e. The summed E-state index contributed by atoms with van der Waals surface area (Å²) >= 11 is 0. The molecule has 1 aromatic carbocycles. The van der Waals surface area contributed by atoms with Gasteiger partial charge in [0.05, 0.1) is 12.2 Å². The van der Waals surface area contributed by atoms with Crippen molar-refractivity contribution in [1.29, 1.82) is 0 Å². The van der Waals surface area contributed by atoms with Gasteiger partial charge in [0, 0.05) is 5.39 Å². The number of aromatic nitrogens is 3. The molecule has 0 aliphatic rings. The van der Waals surface area contributed by atoms with E-state index in [0.717, 1.165) is 16.6 Å². The molecule has 2 aromatic heterocycles. The third kappa shape index (κ3) is 1.89. The first-order chi connectivity index (χ1) is 9.16. The summed E-state index contributed by atoms with van der Waals surface area (Å²) in [7, 11) is 0. The van der Waals surface area contributed by atoms with E-state index in [1.807, 2.05) is 37.3 Å². The normalized spacial score (nSPS) is 12.7.